The molecule has 32 heavy (non-hydrogen) atoms. The van der Waals surface area contributed by atoms with Crippen LogP contribution in [0.25, 0.3) is 0 Å². The van der Waals surface area contributed by atoms with Crippen molar-refractivity contribution in [2.75, 3.05) is 6.61 Å². The highest BCUT2D eigenvalue weighted by atomic mass is 79.9. The standard InChI is InChI=1S/C22H22BrN5O4/c1-13-20(23)14(2)28(26-13)11-15-4-3-5-17(10-15)22(30)32-27-21(25)16-6-8-18(9-7-16)31-12-19(24)29/h3-10H,11-12H2,1-2H3,(H2,24,29)(H2,25,27). The number of primary amides is 1. The van der Waals surface area contributed by atoms with Crippen molar-refractivity contribution in [2.45, 2.75) is 20.4 Å². The summed E-state index contributed by atoms with van der Waals surface area (Å²) in [5.74, 6) is -0.744. The van der Waals surface area contributed by atoms with E-state index in [2.05, 4.69) is 26.2 Å². The molecular weight excluding hydrogens is 478 g/mol. The number of oxime groups is 1. The Kier molecular flexibility index (Phi) is 7.26. The zero-order chi connectivity index (χ0) is 23.3. The molecule has 0 fully saturated rings. The second-order valence-electron chi connectivity index (χ2n) is 6.98. The van der Waals surface area contributed by atoms with Gasteiger partial charge in [0.15, 0.2) is 12.4 Å². The van der Waals surface area contributed by atoms with Crippen molar-refractivity contribution in [1.29, 1.82) is 0 Å². The normalized spacial score (nSPS) is 11.3. The highest BCUT2D eigenvalue weighted by molar-refractivity contribution is 9.10. The fraction of sp³-hybridized carbons (Fsp3) is 0.182. The number of halogens is 1. The maximum atomic E-state index is 12.4. The maximum absolute atomic E-state index is 12.4. The van der Waals surface area contributed by atoms with Crippen molar-refractivity contribution in [3.63, 3.8) is 0 Å². The second kappa shape index (κ2) is 10.1. The third-order valence-electron chi connectivity index (χ3n) is 4.55. The molecule has 9 nitrogen and oxygen atoms in total. The van der Waals surface area contributed by atoms with Crippen molar-refractivity contribution < 1.29 is 19.2 Å². The Morgan fingerprint density at radius 3 is 2.44 bits per heavy atom. The van der Waals surface area contributed by atoms with Crippen LogP contribution in [0.1, 0.15) is 32.9 Å². The van der Waals surface area contributed by atoms with E-state index in [-0.39, 0.29) is 12.4 Å². The lowest BCUT2D eigenvalue weighted by Gasteiger charge is -2.07. The smallest absolute Gasteiger partial charge is 0.365 e. The number of hydrogen-bond donors (Lipinski definition) is 2. The summed E-state index contributed by atoms with van der Waals surface area (Å²) in [5, 5.41) is 8.21. The zero-order valence-corrected chi connectivity index (χ0v) is 19.1. The van der Waals surface area contributed by atoms with E-state index >= 15 is 0 Å². The summed E-state index contributed by atoms with van der Waals surface area (Å²) in [6, 6.07) is 13.5. The molecule has 1 heterocycles. The van der Waals surface area contributed by atoms with Gasteiger partial charge in [-0.25, -0.2) is 4.79 Å². The summed E-state index contributed by atoms with van der Waals surface area (Å²) in [6.45, 7) is 4.17. The van der Waals surface area contributed by atoms with Crippen LogP contribution < -0.4 is 16.2 Å². The van der Waals surface area contributed by atoms with E-state index in [1.165, 1.54) is 0 Å². The monoisotopic (exact) mass is 499 g/mol. The highest BCUT2D eigenvalue weighted by Crippen LogP contribution is 2.21. The predicted octanol–water partition coefficient (Wildman–Crippen LogP) is 2.65. The van der Waals surface area contributed by atoms with Crippen molar-refractivity contribution in [3.05, 3.63) is 81.1 Å². The zero-order valence-electron chi connectivity index (χ0n) is 17.5. The van der Waals surface area contributed by atoms with Gasteiger partial charge in [-0.3, -0.25) is 9.48 Å². The Morgan fingerprint density at radius 1 is 1.09 bits per heavy atom. The summed E-state index contributed by atoms with van der Waals surface area (Å²) >= 11 is 3.51. The van der Waals surface area contributed by atoms with E-state index in [9.17, 15) is 9.59 Å². The van der Waals surface area contributed by atoms with Crippen LogP contribution in [0.4, 0.5) is 0 Å². The first-order valence-corrected chi connectivity index (χ1v) is 10.4. The SMILES string of the molecule is Cc1nn(Cc2cccc(C(=O)O/N=C(\N)c3ccc(OCC(N)=O)cc3)c2)c(C)c1Br. The van der Waals surface area contributed by atoms with Crippen LogP contribution in [0.2, 0.25) is 0 Å². The summed E-state index contributed by atoms with van der Waals surface area (Å²) in [7, 11) is 0. The van der Waals surface area contributed by atoms with E-state index < -0.39 is 11.9 Å². The molecule has 0 saturated carbocycles. The fourth-order valence-corrected chi connectivity index (χ4v) is 3.16. The first kappa shape index (κ1) is 23.0. The largest absolute Gasteiger partial charge is 0.484 e. The molecule has 2 aromatic carbocycles. The van der Waals surface area contributed by atoms with Crippen LogP contribution in [-0.2, 0) is 16.2 Å². The molecule has 3 rings (SSSR count). The Labute approximate surface area is 193 Å². The van der Waals surface area contributed by atoms with Gasteiger partial charge in [-0.2, -0.15) is 5.10 Å². The molecule has 4 N–H and O–H groups in total. The number of amides is 1. The molecule has 1 amide bonds. The topological polar surface area (TPSA) is 135 Å². The molecule has 0 radical (unpaired) electrons. The van der Waals surface area contributed by atoms with Crippen molar-refractivity contribution in [1.82, 2.24) is 9.78 Å². The molecule has 3 aromatic rings. The lowest BCUT2D eigenvalue weighted by atomic mass is 10.1. The van der Waals surface area contributed by atoms with Crippen LogP contribution in [0.15, 0.2) is 58.2 Å². The maximum Gasteiger partial charge on any atom is 0.365 e. The van der Waals surface area contributed by atoms with E-state index in [0.29, 0.717) is 23.4 Å². The Morgan fingerprint density at radius 2 is 1.81 bits per heavy atom. The minimum atomic E-state index is -0.634. The van der Waals surface area contributed by atoms with Crippen molar-refractivity contribution in [2.24, 2.45) is 16.6 Å². The predicted molar refractivity (Wildman–Crippen MR) is 122 cm³/mol. The third-order valence-corrected chi connectivity index (χ3v) is 5.69. The van der Waals surface area contributed by atoms with Gasteiger partial charge in [0, 0.05) is 5.56 Å². The fourth-order valence-electron chi connectivity index (χ4n) is 2.87. The molecular formula is C22H22BrN5O4. The Hall–Kier alpha value is -3.66. The molecule has 0 spiro atoms. The Bertz CT molecular complexity index is 1170. The first-order valence-electron chi connectivity index (χ1n) is 9.59. The average molecular weight is 500 g/mol. The molecule has 0 saturated heterocycles. The molecule has 1 aromatic heterocycles. The summed E-state index contributed by atoms with van der Waals surface area (Å²) in [5.41, 5.74) is 14.6. The minimum absolute atomic E-state index is 0.0171. The van der Waals surface area contributed by atoms with Crippen LogP contribution in [0, 0.1) is 13.8 Å². The van der Waals surface area contributed by atoms with Gasteiger partial charge < -0.3 is 21.0 Å². The lowest BCUT2D eigenvalue weighted by molar-refractivity contribution is -0.119. The van der Waals surface area contributed by atoms with Gasteiger partial charge in [0.2, 0.25) is 0 Å². The van der Waals surface area contributed by atoms with E-state index in [4.69, 9.17) is 21.0 Å². The van der Waals surface area contributed by atoms with Gasteiger partial charge in [-0.1, -0.05) is 17.3 Å². The van der Waals surface area contributed by atoms with Crippen molar-refractivity contribution >= 4 is 33.6 Å². The van der Waals surface area contributed by atoms with E-state index in [1.807, 2.05) is 24.6 Å². The van der Waals surface area contributed by atoms with Crippen LogP contribution >= 0.6 is 15.9 Å². The number of benzene rings is 2. The van der Waals surface area contributed by atoms with Gasteiger partial charge in [0.05, 0.1) is 28.0 Å². The molecule has 0 aliphatic heterocycles. The van der Waals surface area contributed by atoms with E-state index in [1.54, 1.807) is 42.5 Å². The molecule has 0 bridgehead atoms. The van der Waals surface area contributed by atoms with Crippen LogP contribution in [-0.4, -0.2) is 34.1 Å². The molecule has 0 aliphatic carbocycles. The number of ether oxygens (including phenoxy) is 1. The quantitative estimate of drug-likeness (QED) is 0.211. The number of carbonyl (C=O) groups is 2. The van der Waals surface area contributed by atoms with Gasteiger partial charge >= 0.3 is 5.97 Å². The third kappa shape index (κ3) is 5.73. The molecule has 10 heteroatoms. The number of hydrogen-bond acceptors (Lipinski definition) is 6. The first-order chi connectivity index (χ1) is 15.2. The van der Waals surface area contributed by atoms with Crippen molar-refractivity contribution in [3.8, 4) is 5.75 Å². The highest BCUT2D eigenvalue weighted by Gasteiger charge is 2.12. The van der Waals surface area contributed by atoms with Gasteiger partial charge in [-0.15, -0.1) is 0 Å². The summed E-state index contributed by atoms with van der Waals surface area (Å²) in [6.07, 6.45) is 0. The molecule has 0 aliphatic rings. The van der Waals surface area contributed by atoms with Gasteiger partial charge in [0.1, 0.15) is 5.75 Å². The lowest BCUT2D eigenvalue weighted by Crippen LogP contribution is -2.20. The minimum Gasteiger partial charge on any atom is -0.484 e. The Balaban J connectivity index is 1.65. The summed E-state index contributed by atoms with van der Waals surface area (Å²) < 4.78 is 8.00. The summed E-state index contributed by atoms with van der Waals surface area (Å²) in [4.78, 5) is 28.2. The number of carbonyl (C=O) groups excluding carboxylic acids is 2. The number of rotatable bonds is 8. The van der Waals surface area contributed by atoms with Crippen LogP contribution in [0.5, 0.6) is 5.75 Å². The number of nitrogens with two attached hydrogens (primary N) is 2. The number of nitrogens with zero attached hydrogens (tertiary/aromatic N) is 3. The average Bonchev–Trinajstić information content (AvgIpc) is 3.02. The van der Waals surface area contributed by atoms with Crippen LogP contribution in [0.3, 0.4) is 0 Å². The number of aryl methyl sites for hydroxylation is 1. The van der Waals surface area contributed by atoms with Gasteiger partial charge in [-0.05, 0) is 71.7 Å². The molecule has 0 unspecified atom stereocenters. The second-order valence-corrected chi connectivity index (χ2v) is 7.77. The number of aromatic nitrogens is 2. The van der Waals surface area contributed by atoms with E-state index in [0.717, 1.165) is 21.4 Å². The van der Waals surface area contributed by atoms with Gasteiger partial charge in [0.25, 0.3) is 5.91 Å². The number of amidine groups is 1. The molecule has 0 atom stereocenters. The molecule has 166 valence electrons.